The second kappa shape index (κ2) is 4.47. The van der Waals surface area contributed by atoms with Gasteiger partial charge in [0.1, 0.15) is 0 Å². The van der Waals surface area contributed by atoms with Crippen molar-refractivity contribution in [2.75, 3.05) is 13.1 Å². The minimum Gasteiger partial charge on any atom is -0.314 e. The third-order valence-electron chi connectivity index (χ3n) is 0.250. The maximum Gasteiger partial charge on any atom is 0.00772 e. The molecule has 0 spiro atoms. The van der Waals surface area contributed by atoms with Crippen LogP contribution in [0.25, 0.3) is 0 Å². The summed E-state index contributed by atoms with van der Waals surface area (Å²) in [6, 6.07) is 0. The summed E-state index contributed by atoms with van der Waals surface area (Å²) in [4.78, 5) is 0. The van der Waals surface area contributed by atoms with Gasteiger partial charge in [-0.2, -0.15) is 0 Å². The van der Waals surface area contributed by atoms with Crippen LogP contribution in [0.2, 0.25) is 0 Å². The Morgan fingerprint density at radius 3 is 1.40 bits per heavy atom. The molecule has 1 fully saturated rings. The quantitative estimate of drug-likeness (QED) is 0.428. The molecule has 0 bridgehead atoms. The summed E-state index contributed by atoms with van der Waals surface area (Å²) >= 11 is 0. The third kappa shape index (κ3) is 12.6. The van der Waals surface area contributed by atoms with Crippen molar-refractivity contribution in [2.45, 2.75) is 0 Å². The van der Waals surface area contributed by atoms with E-state index in [1.165, 1.54) is 13.1 Å². The van der Waals surface area contributed by atoms with E-state index in [1.807, 2.05) is 0 Å². The Balaban J connectivity index is 0. The van der Waals surface area contributed by atoms with Crippen molar-refractivity contribution in [3.05, 3.63) is 7.43 Å². The minimum atomic E-state index is 0. The van der Waals surface area contributed by atoms with Gasteiger partial charge in [0.2, 0.25) is 0 Å². The van der Waals surface area contributed by atoms with Crippen LogP contribution in [0.1, 0.15) is 0 Å². The van der Waals surface area contributed by atoms with E-state index in [0.29, 0.717) is 0 Å². The molecule has 1 saturated heterocycles. The van der Waals surface area contributed by atoms with Crippen LogP contribution >= 0.6 is 0 Å². The van der Waals surface area contributed by atoms with E-state index in [2.05, 4.69) is 5.32 Å². The first kappa shape index (κ1) is 9.08. The molecule has 2 heteroatoms. The summed E-state index contributed by atoms with van der Waals surface area (Å²) in [5, 5.41) is 3.00. The molecular weight excluding hydrogens is 109 g/mol. The average molecular weight is 114 g/mol. The topological polar surface area (TPSA) is 21.9 Å². The van der Waals surface area contributed by atoms with Gasteiger partial charge in [-0.25, -0.2) is 0 Å². The maximum atomic E-state index is 3.00. The van der Waals surface area contributed by atoms with Crippen LogP contribution in [0.5, 0.6) is 0 Å². The van der Waals surface area contributed by atoms with E-state index in [1.54, 1.807) is 0 Å². The third-order valence-corrected chi connectivity index (χ3v) is 0.250. The standard InChI is InChI=1S/C2H5N.C.Co/c1-2-3-1;;/h3H,1-2H2;;. The molecule has 31 valence electrons. The van der Waals surface area contributed by atoms with Crippen LogP contribution in [0.4, 0.5) is 0 Å². The van der Waals surface area contributed by atoms with Crippen LogP contribution in [0, 0.1) is 7.43 Å². The Morgan fingerprint density at radius 1 is 1.20 bits per heavy atom. The van der Waals surface area contributed by atoms with E-state index in [0.717, 1.165) is 0 Å². The molecule has 1 nitrogen and oxygen atoms in total. The Hall–Kier alpha value is 0.466. The SMILES string of the molecule is C1CN1.[C].[Co]. The maximum absolute atomic E-state index is 3.00. The van der Waals surface area contributed by atoms with E-state index in [4.69, 9.17) is 0 Å². The zero-order chi connectivity index (χ0) is 2.12. The van der Waals surface area contributed by atoms with Crippen molar-refractivity contribution in [2.24, 2.45) is 0 Å². The molecule has 1 rings (SSSR count). The van der Waals surface area contributed by atoms with Gasteiger partial charge in [0.15, 0.2) is 0 Å². The summed E-state index contributed by atoms with van der Waals surface area (Å²) in [6.07, 6.45) is 0. The zero-order valence-electron chi connectivity index (χ0n) is 2.75. The van der Waals surface area contributed by atoms with Gasteiger partial charge in [0.05, 0.1) is 0 Å². The molecule has 0 amide bonds. The molecule has 0 aromatic rings. The summed E-state index contributed by atoms with van der Waals surface area (Å²) in [5.41, 5.74) is 0. The van der Waals surface area contributed by atoms with Crippen LogP contribution in [0.3, 0.4) is 0 Å². The van der Waals surface area contributed by atoms with Gasteiger partial charge in [-0.15, -0.1) is 0 Å². The van der Waals surface area contributed by atoms with Crippen molar-refractivity contribution >= 4 is 0 Å². The van der Waals surface area contributed by atoms with Gasteiger partial charge < -0.3 is 5.32 Å². The molecule has 0 atom stereocenters. The first-order valence-corrected chi connectivity index (χ1v) is 1.21. The molecule has 5 heavy (non-hydrogen) atoms. The van der Waals surface area contributed by atoms with E-state index < -0.39 is 0 Å². The van der Waals surface area contributed by atoms with Crippen molar-refractivity contribution < 1.29 is 16.8 Å². The predicted molar refractivity (Wildman–Crippen MR) is 16.1 cm³/mol. The summed E-state index contributed by atoms with van der Waals surface area (Å²) in [7, 11) is 0. The van der Waals surface area contributed by atoms with Gasteiger partial charge in [-0.3, -0.25) is 0 Å². The average Bonchev–Trinajstić information content (AvgIpc) is 1.46. The van der Waals surface area contributed by atoms with E-state index >= 15 is 0 Å². The first-order chi connectivity index (χ1) is 1.50. The predicted octanol–water partition coefficient (Wildman–Crippen LogP) is -0.332. The minimum absolute atomic E-state index is 0. The normalized spacial score (nSPS) is 14.4. The van der Waals surface area contributed by atoms with Crippen LogP contribution in [-0.4, -0.2) is 13.1 Å². The van der Waals surface area contributed by atoms with E-state index in [9.17, 15) is 0 Å². The van der Waals surface area contributed by atoms with Crippen molar-refractivity contribution in [3.8, 4) is 0 Å². The summed E-state index contributed by atoms with van der Waals surface area (Å²) in [5.74, 6) is 0. The van der Waals surface area contributed by atoms with Crippen LogP contribution in [0.15, 0.2) is 0 Å². The van der Waals surface area contributed by atoms with Crippen molar-refractivity contribution in [3.63, 3.8) is 0 Å². The van der Waals surface area contributed by atoms with Gasteiger partial charge in [0.25, 0.3) is 0 Å². The molecule has 1 aliphatic rings. The smallest absolute Gasteiger partial charge is 0.00772 e. The second-order valence-corrected chi connectivity index (χ2v) is 0.750. The number of hydrogen-bond donors (Lipinski definition) is 1. The number of hydrogen-bond acceptors (Lipinski definition) is 1. The second-order valence-electron chi connectivity index (χ2n) is 0.750. The van der Waals surface area contributed by atoms with Crippen molar-refractivity contribution in [1.29, 1.82) is 0 Å². The van der Waals surface area contributed by atoms with Gasteiger partial charge >= 0.3 is 0 Å². The van der Waals surface area contributed by atoms with Crippen LogP contribution in [-0.2, 0) is 16.8 Å². The zero-order valence-corrected chi connectivity index (χ0v) is 3.79. The summed E-state index contributed by atoms with van der Waals surface area (Å²) in [6.45, 7) is 2.50. The molecular formula is C3H5CoN. The Kier molecular flexibility index (Phi) is 8.11. The van der Waals surface area contributed by atoms with Crippen molar-refractivity contribution in [1.82, 2.24) is 5.32 Å². The van der Waals surface area contributed by atoms with E-state index in [-0.39, 0.29) is 24.2 Å². The molecule has 0 saturated carbocycles. The van der Waals surface area contributed by atoms with Gasteiger partial charge in [-0.05, 0) is 0 Å². The molecule has 0 unspecified atom stereocenters. The Bertz CT molecular complexity index is 11.6. The number of nitrogens with one attached hydrogen (secondary N) is 1. The molecule has 1 heterocycles. The Labute approximate surface area is 43.3 Å². The fourth-order valence-electron chi connectivity index (χ4n) is 0. The number of rotatable bonds is 0. The molecule has 5 radical (unpaired) electrons. The van der Waals surface area contributed by atoms with Crippen LogP contribution < -0.4 is 5.32 Å². The van der Waals surface area contributed by atoms with Gasteiger partial charge in [0, 0.05) is 37.3 Å². The largest absolute Gasteiger partial charge is 0.314 e. The molecule has 0 aliphatic carbocycles. The first-order valence-electron chi connectivity index (χ1n) is 1.21. The Morgan fingerprint density at radius 2 is 1.40 bits per heavy atom. The molecule has 1 N–H and O–H groups in total. The monoisotopic (exact) mass is 114 g/mol. The molecule has 1 aliphatic heterocycles. The molecule has 0 aromatic heterocycles. The molecule has 0 aromatic carbocycles. The fraction of sp³-hybridized carbons (Fsp3) is 0.667. The van der Waals surface area contributed by atoms with Gasteiger partial charge in [-0.1, -0.05) is 0 Å². The summed E-state index contributed by atoms with van der Waals surface area (Å²) < 4.78 is 0. The fourth-order valence-corrected chi connectivity index (χ4v) is 0.